The molecule has 2 amide bonds. The van der Waals surface area contributed by atoms with Crippen molar-refractivity contribution in [3.63, 3.8) is 0 Å². The van der Waals surface area contributed by atoms with Crippen LogP contribution in [0.25, 0.3) is 21.5 Å². The van der Waals surface area contributed by atoms with Crippen LogP contribution in [0.2, 0.25) is 0 Å². The van der Waals surface area contributed by atoms with Crippen LogP contribution in [-0.2, 0) is 16.1 Å². The standard InChI is InChI=1S/C21H22N2O3/c1-2-20(24)26-12-11-22-21(25)23-14-19-17-9-5-3-7-15(17)13-16-8-4-6-10-18(16)19/h3-10,13H,2,11-12,14H2,1H3,(H2,22,23,25). The highest BCUT2D eigenvalue weighted by Crippen LogP contribution is 2.28. The number of carbonyl (C=O) groups excluding carboxylic acids is 2. The Balaban J connectivity index is 1.69. The quantitative estimate of drug-likeness (QED) is 0.404. The number of hydrogen-bond acceptors (Lipinski definition) is 3. The van der Waals surface area contributed by atoms with Crippen LogP contribution < -0.4 is 10.6 Å². The number of urea groups is 1. The van der Waals surface area contributed by atoms with Crippen molar-refractivity contribution < 1.29 is 14.3 Å². The molecule has 0 heterocycles. The number of esters is 1. The second-order valence-electron chi connectivity index (χ2n) is 5.98. The summed E-state index contributed by atoms with van der Waals surface area (Å²) in [5.41, 5.74) is 1.09. The predicted molar refractivity (Wildman–Crippen MR) is 103 cm³/mol. The lowest BCUT2D eigenvalue weighted by molar-refractivity contribution is -0.143. The van der Waals surface area contributed by atoms with Crippen molar-refractivity contribution in [1.82, 2.24) is 10.6 Å². The maximum Gasteiger partial charge on any atom is 0.315 e. The molecule has 0 fully saturated rings. The van der Waals surface area contributed by atoms with Gasteiger partial charge in [0.05, 0.1) is 6.54 Å². The van der Waals surface area contributed by atoms with Gasteiger partial charge < -0.3 is 15.4 Å². The average Bonchev–Trinajstić information content (AvgIpc) is 2.68. The van der Waals surface area contributed by atoms with Gasteiger partial charge in [0, 0.05) is 13.0 Å². The van der Waals surface area contributed by atoms with Crippen LogP contribution in [-0.4, -0.2) is 25.2 Å². The first-order chi connectivity index (χ1) is 12.7. The number of nitrogens with one attached hydrogen (secondary N) is 2. The average molecular weight is 350 g/mol. The topological polar surface area (TPSA) is 67.4 Å². The van der Waals surface area contributed by atoms with Crippen molar-refractivity contribution in [2.75, 3.05) is 13.2 Å². The van der Waals surface area contributed by atoms with Crippen LogP contribution in [0.3, 0.4) is 0 Å². The van der Waals surface area contributed by atoms with Crippen molar-refractivity contribution in [2.24, 2.45) is 0 Å². The Hall–Kier alpha value is -3.08. The van der Waals surface area contributed by atoms with E-state index in [1.165, 1.54) is 0 Å². The molecule has 5 heteroatoms. The summed E-state index contributed by atoms with van der Waals surface area (Å²) < 4.78 is 4.94. The first-order valence-electron chi connectivity index (χ1n) is 8.75. The van der Waals surface area contributed by atoms with Crippen LogP contribution in [0.4, 0.5) is 4.79 Å². The smallest absolute Gasteiger partial charge is 0.315 e. The van der Waals surface area contributed by atoms with E-state index in [4.69, 9.17) is 4.74 Å². The third kappa shape index (κ3) is 4.11. The van der Waals surface area contributed by atoms with E-state index in [9.17, 15) is 9.59 Å². The van der Waals surface area contributed by atoms with Crippen molar-refractivity contribution in [2.45, 2.75) is 19.9 Å². The lowest BCUT2D eigenvalue weighted by atomic mass is 9.97. The third-order valence-corrected chi connectivity index (χ3v) is 4.25. The van der Waals surface area contributed by atoms with Gasteiger partial charge in [0.2, 0.25) is 0 Å². The fraction of sp³-hybridized carbons (Fsp3) is 0.238. The van der Waals surface area contributed by atoms with E-state index < -0.39 is 0 Å². The third-order valence-electron chi connectivity index (χ3n) is 4.25. The Kier molecular flexibility index (Phi) is 5.69. The molecule has 3 aromatic carbocycles. The van der Waals surface area contributed by atoms with Gasteiger partial charge in [-0.1, -0.05) is 55.5 Å². The number of benzene rings is 3. The van der Waals surface area contributed by atoms with Gasteiger partial charge in [0.15, 0.2) is 0 Å². The van der Waals surface area contributed by atoms with Crippen LogP contribution in [0.15, 0.2) is 54.6 Å². The lowest BCUT2D eigenvalue weighted by Gasteiger charge is -2.13. The Morgan fingerprint density at radius 2 is 1.54 bits per heavy atom. The van der Waals surface area contributed by atoms with E-state index in [1.807, 2.05) is 24.3 Å². The molecule has 0 saturated carbocycles. The van der Waals surface area contributed by atoms with Crippen LogP contribution >= 0.6 is 0 Å². The number of fused-ring (bicyclic) bond motifs is 2. The monoisotopic (exact) mass is 350 g/mol. The molecule has 0 spiro atoms. The zero-order valence-corrected chi connectivity index (χ0v) is 14.7. The van der Waals surface area contributed by atoms with E-state index in [2.05, 4.69) is 41.0 Å². The van der Waals surface area contributed by atoms with E-state index in [1.54, 1.807) is 6.92 Å². The maximum absolute atomic E-state index is 12.0. The number of carbonyl (C=O) groups is 2. The normalized spacial score (nSPS) is 10.7. The van der Waals surface area contributed by atoms with Crippen LogP contribution in [0, 0.1) is 0 Å². The van der Waals surface area contributed by atoms with E-state index in [0.29, 0.717) is 13.0 Å². The highest BCUT2D eigenvalue weighted by molar-refractivity contribution is 6.02. The summed E-state index contributed by atoms with van der Waals surface area (Å²) >= 11 is 0. The summed E-state index contributed by atoms with van der Waals surface area (Å²) in [7, 11) is 0. The minimum atomic E-state index is -0.283. The molecule has 0 aromatic heterocycles. The molecule has 134 valence electrons. The Morgan fingerprint density at radius 3 is 2.15 bits per heavy atom. The molecule has 0 atom stereocenters. The second-order valence-corrected chi connectivity index (χ2v) is 5.98. The van der Waals surface area contributed by atoms with Crippen molar-refractivity contribution in [1.29, 1.82) is 0 Å². The van der Waals surface area contributed by atoms with Crippen molar-refractivity contribution >= 4 is 33.5 Å². The zero-order valence-electron chi connectivity index (χ0n) is 14.7. The summed E-state index contributed by atoms with van der Waals surface area (Å²) in [6.07, 6.45) is 0.334. The van der Waals surface area contributed by atoms with Gasteiger partial charge in [-0.05, 0) is 33.2 Å². The van der Waals surface area contributed by atoms with E-state index in [-0.39, 0.29) is 25.2 Å². The molecule has 26 heavy (non-hydrogen) atoms. The van der Waals surface area contributed by atoms with E-state index in [0.717, 1.165) is 27.1 Å². The zero-order chi connectivity index (χ0) is 18.4. The van der Waals surface area contributed by atoms with Gasteiger partial charge in [0.1, 0.15) is 6.61 Å². The number of ether oxygens (including phenoxy) is 1. The summed E-state index contributed by atoms with van der Waals surface area (Å²) in [5.74, 6) is -0.269. The maximum atomic E-state index is 12.0. The lowest BCUT2D eigenvalue weighted by Crippen LogP contribution is -2.37. The van der Waals surface area contributed by atoms with Gasteiger partial charge in [-0.15, -0.1) is 0 Å². The molecule has 0 saturated heterocycles. The molecule has 3 aromatic rings. The van der Waals surface area contributed by atoms with Crippen molar-refractivity contribution in [3.05, 3.63) is 60.2 Å². The highest BCUT2D eigenvalue weighted by atomic mass is 16.5. The van der Waals surface area contributed by atoms with Gasteiger partial charge in [0.25, 0.3) is 0 Å². The molecule has 3 rings (SSSR count). The van der Waals surface area contributed by atoms with Gasteiger partial charge >= 0.3 is 12.0 Å². The largest absolute Gasteiger partial charge is 0.464 e. The molecule has 0 unspecified atom stereocenters. The second kappa shape index (κ2) is 8.34. The van der Waals surface area contributed by atoms with E-state index >= 15 is 0 Å². The summed E-state index contributed by atoms with van der Waals surface area (Å²) in [6, 6.07) is 18.2. The Morgan fingerprint density at radius 1 is 0.923 bits per heavy atom. The minimum absolute atomic E-state index is 0.178. The molecular formula is C21H22N2O3. The number of amides is 2. The number of hydrogen-bond donors (Lipinski definition) is 2. The molecule has 2 N–H and O–H groups in total. The van der Waals surface area contributed by atoms with Crippen LogP contribution in [0.1, 0.15) is 18.9 Å². The molecule has 0 aliphatic carbocycles. The molecule has 0 radical (unpaired) electrons. The summed E-state index contributed by atoms with van der Waals surface area (Å²) in [5, 5.41) is 10.1. The van der Waals surface area contributed by atoms with Gasteiger partial charge in [-0.3, -0.25) is 4.79 Å². The molecule has 5 nitrogen and oxygen atoms in total. The summed E-state index contributed by atoms with van der Waals surface area (Å²) in [6.45, 7) is 2.62. The fourth-order valence-corrected chi connectivity index (χ4v) is 2.96. The van der Waals surface area contributed by atoms with Gasteiger partial charge in [-0.25, -0.2) is 4.79 Å². The SMILES string of the molecule is CCC(=O)OCCNC(=O)NCc1c2ccccc2cc2ccccc12. The Labute approximate surface area is 152 Å². The van der Waals surface area contributed by atoms with Crippen molar-refractivity contribution in [3.8, 4) is 0 Å². The number of rotatable bonds is 6. The minimum Gasteiger partial charge on any atom is -0.464 e. The molecule has 0 aliphatic rings. The first-order valence-corrected chi connectivity index (χ1v) is 8.75. The first kappa shape index (κ1) is 17.7. The molecule has 0 aliphatic heterocycles. The molecular weight excluding hydrogens is 328 g/mol. The Bertz CT molecular complexity index is 883. The fourth-order valence-electron chi connectivity index (χ4n) is 2.96. The van der Waals surface area contributed by atoms with Gasteiger partial charge in [-0.2, -0.15) is 0 Å². The highest BCUT2D eigenvalue weighted by Gasteiger charge is 2.09. The summed E-state index contributed by atoms with van der Waals surface area (Å²) in [4.78, 5) is 23.1. The van der Waals surface area contributed by atoms with Crippen LogP contribution in [0.5, 0.6) is 0 Å². The predicted octanol–water partition coefficient (Wildman–Crippen LogP) is 3.75. The molecule has 0 bridgehead atoms.